The van der Waals surface area contributed by atoms with Gasteiger partial charge in [-0.3, -0.25) is 0 Å². The summed E-state index contributed by atoms with van der Waals surface area (Å²) in [6.07, 6.45) is 2.65. The van der Waals surface area contributed by atoms with Gasteiger partial charge in [0.2, 0.25) is 0 Å². The van der Waals surface area contributed by atoms with Crippen molar-refractivity contribution < 1.29 is 19.7 Å². The molecule has 2 aliphatic carbocycles. The van der Waals surface area contributed by atoms with Crippen molar-refractivity contribution in [3.05, 3.63) is 23.2 Å². The van der Waals surface area contributed by atoms with Gasteiger partial charge in [0.15, 0.2) is 0 Å². The number of furan rings is 1. The molecule has 1 aromatic rings. The third-order valence-electron chi connectivity index (χ3n) is 5.07. The fourth-order valence-corrected chi connectivity index (χ4v) is 4.30. The lowest BCUT2D eigenvalue weighted by atomic mass is 9.67. The molecule has 0 radical (unpaired) electrons. The second kappa shape index (κ2) is 3.84. The summed E-state index contributed by atoms with van der Waals surface area (Å²) in [6, 6.07) is 0. The molecule has 0 spiro atoms. The molecule has 0 aliphatic heterocycles. The van der Waals surface area contributed by atoms with Gasteiger partial charge in [-0.05, 0) is 37.0 Å². The van der Waals surface area contributed by atoms with Gasteiger partial charge in [-0.2, -0.15) is 0 Å². The van der Waals surface area contributed by atoms with Crippen LogP contribution in [-0.2, 0) is 12.2 Å². The molecule has 3 N–H and O–H groups in total. The fraction of sp³-hybridized carbons (Fsp3) is 0.733. The Morgan fingerprint density at radius 1 is 1.32 bits per heavy atom. The summed E-state index contributed by atoms with van der Waals surface area (Å²) in [5.41, 5.74) is 0.327. The zero-order chi connectivity index (χ0) is 14.0. The minimum Gasteiger partial charge on any atom is -0.466 e. The molecule has 0 aromatic carbocycles. The monoisotopic (exact) mass is 266 g/mol. The van der Waals surface area contributed by atoms with Crippen LogP contribution in [0.5, 0.6) is 0 Å². The lowest BCUT2D eigenvalue weighted by molar-refractivity contribution is -0.0713. The van der Waals surface area contributed by atoms with Crippen LogP contribution in [0.25, 0.3) is 0 Å². The average molecular weight is 266 g/mol. The maximum absolute atomic E-state index is 11.0. The molecule has 0 bridgehead atoms. The molecule has 0 unspecified atom stereocenters. The van der Waals surface area contributed by atoms with Crippen molar-refractivity contribution in [3.8, 4) is 0 Å². The summed E-state index contributed by atoms with van der Waals surface area (Å²) in [5.74, 6) is 0.441. The SMILES string of the molecule is CC1(C)C[C@H]2[C@H](O)c3coc(CO)c3[C@](C)(O)[C@H]2C1. The Balaban J connectivity index is 2.13. The van der Waals surface area contributed by atoms with E-state index in [0.717, 1.165) is 12.8 Å². The van der Waals surface area contributed by atoms with Crippen LogP contribution in [0.2, 0.25) is 0 Å². The van der Waals surface area contributed by atoms with E-state index in [4.69, 9.17) is 4.42 Å². The van der Waals surface area contributed by atoms with E-state index in [0.29, 0.717) is 16.9 Å². The van der Waals surface area contributed by atoms with Crippen LogP contribution in [0, 0.1) is 17.3 Å². The first-order valence-corrected chi connectivity index (χ1v) is 6.90. The van der Waals surface area contributed by atoms with Gasteiger partial charge in [0.1, 0.15) is 12.4 Å². The van der Waals surface area contributed by atoms with Crippen LogP contribution in [0.15, 0.2) is 10.7 Å². The highest BCUT2D eigenvalue weighted by atomic mass is 16.4. The second-order valence-electron chi connectivity index (χ2n) is 7.08. The maximum Gasteiger partial charge on any atom is 0.135 e. The van der Waals surface area contributed by atoms with Crippen LogP contribution >= 0.6 is 0 Å². The molecule has 1 aromatic heterocycles. The van der Waals surface area contributed by atoms with Crippen LogP contribution in [-0.4, -0.2) is 15.3 Å². The minimum absolute atomic E-state index is 0.00731. The third kappa shape index (κ3) is 1.70. The van der Waals surface area contributed by atoms with Gasteiger partial charge in [-0.25, -0.2) is 0 Å². The Bertz CT molecular complexity index is 500. The Hall–Kier alpha value is -0.840. The van der Waals surface area contributed by atoms with Gasteiger partial charge >= 0.3 is 0 Å². The summed E-state index contributed by atoms with van der Waals surface area (Å²) in [6.45, 7) is 5.89. The first kappa shape index (κ1) is 13.2. The summed E-state index contributed by atoms with van der Waals surface area (Å²) in [5, 5.41) is 30.9. The summed E-state index contributed by atoms with van der Waals surface area (Å²) in [4.78, 5) is 0. The molecule has 1 fully saturated rings. The lowest BCUT2D eigenvalue weighted by Gasteiger charge is -2.41. The van der Waals surface area contributed by atoms with E-state index >= 15 is 0 Å². The Morgan fingerprint density at radius 2 is 2.00 bits per heavy atom. The van der Waals surface area contributed by atoms with Crippen LogP contribution in [0.4, 0.5) is 0 Å². The van der Waals surface area contributed by atoms with E-state index < -0.39 is 11.7 Å². The van der Waals surface area contributed by atoms with Crippen LogP contribution < -0.4 is 0 Å². The minimum atomic E-state index is -1.04. The van der Waals surface area contributed by atoms with E-state index in [1.807, 2.05) is 0 Å². The number of aliphatic hydroxyl groups excluding tert-OH is 2. The fourth-order valence-electron chi connectivity index (χ4n) is 4.30. The molecule has 106 valence electrons. The number of hydrogen-bond acceptors (Lipinski definition) is 4. The average Bonchev–Trinajstić information content (AvgIpc) is 2.88. The quantitative estimate of drug-likeness (QED) is 0.727. The van der Waals surface area contributed by atoms with Crippen molar-refractivity contribution in [2.24, 2.45) is 17.3 Å². The molecular weight excluding hydrogens is 244 g/mol. The molecule has 1 heterocycles. The van der Waals surface area contributed by atoms with Crippen molar-refractivity contribution >= 4 is 0 Å². The van der Waals surface area contributed by atoms with Gasteiger partial charge in [-0.15, -0.1) is 0 Å². The lowest BCUT2D eigenvalue weighted by Crippen LogP contribution is -2.42. The molecular formula is C15H22O4. The predicted octanol–water partition coefficient (Wildman–Crippen LogP) is 2.08. The number of aliphatic hydroxyl groups is 3. The maximum atomic E-state index is 11.0. The molecule has 3 rings (SSSR count). The molecule has 19 heavy (non-hydrogen) atoms. The third-order valence-corrected chi connectivity index (χ3v) is 5.07. The molecule has 0 amide bonds. The summed E-state index contributed by atoms with van der Waals surface area (Å²) < 4.78 is 5.32. The van der Waals surface area contributed by atoms with Crippen molar-refractivity contribution in [2.45, 2.75) is 51.9 Å². The first-order valence-electron chi connectivity index (χ1n) is 6.90. The second-order valence-corrected chi connectivity index (χ2v) is 7.08. The van der Waals surface area contributed by atoms with Crippen molar-refractivity contribution in [2.75, 3.05) is 0 Å². The highest BCUT2D eigenvalue weighted by molar-refractivity contribution is 5.39. The smallest absolute Gasteiger partial charge is 0.135 e. The van der Waals surface area contributed by atoms with Gasteiger partial charge in [0, 0.05) is 11.1 Å². The molecule has 0 saturated heterocycles. The van der Waals surface area contributed by atoms with Crippen LogP contribution in [0.1, 0.15) is 56.6 Å². The molecule has 2 aliphatic rings. The standard InChI is InChI=1S/C15H22O4/c1-14(2)4-8-10(5-14)15(3,18)12-9(13(8)17)7-19-11(12)6-16/h7-8,10,13,16-18H,4-6H2,1-3H3/t8-,10+,13+,15-/m1/s1. The molecule has 1 saturated carbocycles. The molecule has 4 atom stereocenters. The van der Waals surface area contributed by atoms with E-state index in [2.05, 4.69) is 13.8 Å². The van der Waals surface area contributed by atoms with Crippen molar-refractivity contribution in [1.29, 1.82) is 0 Å². The largest absolute Gasteiger partial charge is 0.466 e. The van der Waals surface area contributed by atoms with Crippen LogP contribution in [0.3, 0.4) is 0 Å². The van der Waals surface area contributed by atoms with E-state index in [9.17, 15) is 15.3 Å². The highest BCUT2D eigenvalue weighted by Gasteiger charge is 2.56. The predicted molar refractivity (Wildman–Crippen MR) is 69.2 cm³/mol. The normalized spacial score (nSPS) is 40.0. The Labute approximate surface area is 113 Å². The van der Waals surface area contributed by atoms with Gasteiger partial charge in [0.25, 0.3) is 0 Å². The molecule has 4 heteroatoms. The van der Waals surface area contributed by atoms with Gasteiger partial charge in [0.05, 0.1) is 18.0 Å². The van der Waals surface area contributed by atoms with Crippen molar-refractivity contribution in [1.82, 2.24) is 0 Å². The molecule has 4 nitrogen and oxygen atoms in total. The van der Waals surface area contributed by atoms with E-state index in [1.165, 1.54) is 6.26 Å². The van der Waals surface area contributed by atoms with E-state index in [-0.39, 0.29) is 23.9 Å². The Morgan fingerprint density at radius 3 is 2.63 bits per heavy atom. The number of fused-ring (bicyclic) bond motifs is 2. The summed E-state index contributed by atoms with van der Waals surface area (Å²) in [7, 11) is 0. The number of rotatable bonds is 1. The topological polar surface area (TPSA) is 73.8 Å². The van der Waals surface area contributed by atoms with Crippen molar-refractivity contribution in [3.63, 3.8) is 0 Å². The Kier molecular flexibility index (Phi) is 2.66. The van der Waals surface area contributed by atoms with Gasteiger partial charge in [-0.1, -0.05) is 13.8 Å². The zero-order valence-electron chi connectivity index (χ0n) is 11.7. The number of hydrogen-bond donors (Lipinski definition) is 3. The first-order chi connectivity index (χ1) is 8.78. The summed E-state index contributed by atoms with van der Waals surface area (Å²) >= 11 is 0. The zero-order valence-corrected chi connectivity index (χ0v) is 11.7. The highest BCUT2D eigenvalue weighted by Crippen LogP contribution is 2.60. The van der Waals surface area contributed by atoms with E-state index in [1.54, 1.807) is 6.92 Å². The van der Waals surface area contributed by atoms with Gasteiger partial charge < -0.3 is 19.7 Å².